The molecule has 0 radical (unpaired) electrons. The van der Waals surface area contributed by atoms with Gasteiger partial charge < -0.3 is 15.5 Å². The minimum atomic E-state index is -4.33. The highest BCUT2D eigenvalue weighted by Gasteiger charge is 2.30. The number of anilines is 1. The van der Waals surface area contributed by atoms with Gasteiger partial charge in [0.25, 0.3) is 0 Å². The van der Waals surface area contributed by atoms with Crippen LogP contribution >= 0.6 is 0 Å². The highest BCUT2D eigenvalue weighted by molar-refractivity contribution is 5.48. The third kappa shape index (κ3) is 5.24. The topological polar surface area (TPSA) is 32.5 Å². The van der Waals surface area contributed by atoms with Gasteiger partial charge in [0.05, 0.1) is 5.56 Å². The summed E-state index contributed by atoms with van der Waals surface area (Å²) in [7, 11) is 0. The Morgan fingerprint density at radius 2 is 1.73 bits per heavy atom. The fourth-order valence-electron chi connectivity index (χ4n) is 2.90. The number of nitrogens with two attached hydrogens (primary N) is 1. The third-order valence-corrected chi connectivity index (χ3v) is 4.57. The van der Waals surface area contributed by atoms with Crippen molar-refractivity contribution in [1.82, 2.24) is 4.90 Å². The Labute approximate surface area is 151 Å². The van der Waals surface area contributed by atoms with Crippen molar-refractivity contribution in [2.45, 2.75) is 26.4 Å². The van der Waals surface area contributed by atoms with Crippen LogP contribution in [0, 0.1) is 0 Å². The van der Waals surface area contributed by atoms with Crippen LogP contribution in [0.4, 0.5) is 23.2 Å². The van der Waals surface area contributed by atoms with E-state index in [-0.39, 0.29) is 5.83 Å². The Kier molecular flexibility index (Phi) is 6.69. The zero-order valence-corrected chi connectivity index (χ0v) is 15.1. The molecule has 2 N–H and O–H groups in total. The Hall–Kier alpha value is -2.02. The predicted molar refractivity (Wildman–Crippen MR) is 96.5 cm³/mol. The molecule has 2 rings (SSSR count). The van der Waals surface area contributed by atoms with Crippen LogP contribution in [-0.2, 0) is 6.18 Å². The molecule has 0 amide bonds. The van der Waals surface area contributed by atoms with E-state index in [0.717, 1.165) is 29.8 Å². The second-order valence-corrected chi connectivity index (χ2v) is 6.50. The molecular formula is C19H25F4N3. The van der Waals surface area contributed by atoms with Crippen LogP contribution in [0.5, 0.6) is 0 Å². The first kappa shape index (κ1) is 20.3. The largest absolute Gasteiger partial charge is 0.416 e. The number of rotatable bonds is 4. The number of allylic oxidation sites excluding steroid dienone is 3. The average Bonchev–Trinajstić information content (AvgIpc) is 2.86. The molecule has 26 heavy (non-hydrogen) atoms. The molecule has 0 bridgehead atoms. The van der Waals surface area contributed by atoms with Gasteiger partial charge in [-0.2, -0.15) is 13.2 Å². The summed E-state index contributed by atoms with van der Waals surface area (Å²) < 4.78 is 52.4. The molecule has 1 aliphatic heterocycles. The smallest absolute Gasteiger partial charge is 0.371 e. The first-order valence-electron chi connectivity index (χ1n) is 8.63. The lowest BCUT2D eigenvalue weighted by atomic mass is 10.2. The SMILES string of the molecule is C/C(=C(F)\C=C(/C)CN)N1CCCN(c2ccc(C(F)(F)F)cc2)CC1. The molecule has 3 nitrogen and oxygen atoms in total. The van der Waals surface area contributed by atoms with Crippen molar-refractivity contribution in [3.63, 3.8) is 0 Å². The Bertz CT molecular complexity index is 662. The number of alkyl halides is 3. The Morgan fingerprint density at radius 3 is 2.31 bits per heavy atom. The molecule has 1 aromatic rings. The van der Waals surface area contributed by atoms with E-state index in [1.807, 2.05) is 9.80 Å². The van der Waals surface area contributed by atoms with Gasteiger partial charge in [-0.3, -0.25) is 0 Å². The van der Waals surface area contributed by atoms with E-state index in [4.69, 9.17) is 5.73 Å². The van der Waals surface area contributed by atoms with Crippen LogP contribution < -0.4 is 10.6 Å². The highest BCUT2D eigenvalue weighted by atomic mass is 19.4. The van der Waals surface area contributed by atoms with E-state index in [1.54, 1.807) is 13.8 Å². The zero-order valence-electron chi connectivity index (χ0n) is 15.1. The summed E-state index contributed by atoms with van der Waals surface area (Å²) >= 11 is 0. The van der Waals surface area contributed by atoms with E-state index in [9.17, 15) is 17.6 Å². The molecule has 7 heteroatoms. The van der Waals surface area contributed by atoms with Gasteiger partial charge in [0.15, 0.2) is 0 Å². The van der Waals surface area contributed by atoms with Gasteiger partial charge in [-0.15, -0.1) is 0 Å². The molecule has 0 aromatic heterocycles. The monoisotopic (exact) mass is 371 g/mol. The maximum atomic E-state index is 14.3. The van der Waals surface area contributed by atoms with E-state index in [2.05, 4.69) is 0 Å². The van der Waals surface area contributed by atoms with Crippen LogP contribution in [0.15, 0.2) is 47.4 Å². The van der Waals surface area contributed by atoms with Crippen molar-refractivity contribution in [2.75, 3.05) is 37.6 Å². The van der Waals surface area contributed by atoms with Crippen LogP contribution in [-0.4, -0.2) is 37.6 Å². The number of halogens is 4. The molecule has 0 unspecified atom stereocenters. The normalized spacial score (nSPS) is 17.9. The summed E-state index contributed by atoms with van der Waals surface area (Å²) in [5.74, 6) is -0.295. The van der Waals surface area contributed by atoms with Crippen LogP contribution in [0.2, 0.25) is 0 Å². The number of hydrogen-bond acceptors (Lipinski definition) is 3. The van der Waals surface area contributed by atoms with Crippen molar-refractivity contribution in [2.24, 2.45) is 5.73 Å². The summed E-state index contributed by atoms with van der Waals surface area (Å²) in [5, 5.41) is 0. The van der Waals surface area contributed by atoms with Gasteiger partial charge in [-0.05, 0) is 50.6 Å². The van der Waals surface area contributed by atoms with E-state index < -0.39 is 11.7 Å². The summed E-state index contributed by atoms with van der Waals surface area (Å²) in [6.07, 6.45) is -2.08. The van der Waals surface area contributed by atoms with Gasteiger partial charge in [0.1, 0.15) is 5.83 Å². The molecule has 1 aliphatic rings. The number of nitrogens with zero attached hydrogens (tertiary/aromatic N) is 2. The zero-order chi connectivity index (χ0) is 19.3. The maximum absolute atomic E-state index is 14.3. The molecule has 0 spiro atoms. The lowest BCUT2D eigenvalue weighted by molar-refractivity contribution is -0.137. The molecular weight excluding hydrogens is 346 g/mol. The maximum Gasteiger partial charge on any atom is 0.416 e. The fraction of sp³-hybridized carbons (Fsp3) is 0.474. The second-order valence-electron chi connectivity index (χ2n) is 6.50. The molecule has 0 atom stereocenters. The van der Waals surface area contributed by atoms with Gasteiger partial charge in [0, 0.05) is 44.1 Å². The van der Waals surface area contributed by atoms with Gasteiger partial charge in [-0.1, -0.05) is 5.57 Å². The molecule has 144 valence electrons. The summed E-state index contributed by atoms with van der Waals surface area (Å²) in [6, 6.07) is 5.19. The van der Waals surface area contributed by atoms with E-state index in [0.29, 0.717) is 38.4 Å². The molecule has 1 aromatic carbocycles. The standard InChI is InChI=1S/C19H25F4N3/c1-14(13-24)12-18(20)15(2)25-8-3-9-26(11-10-25)17-6-4-16(5-7-17)19(21,22)23/h4-7,12H,3,8-11,13,24H2,1-2H3/b14-12+,18-15-. The lowest BCUT2D eigenvalue weighted by Crippen LogP contribution is -2.30. The van der Waals surface area contributed by atoms with Crippen molar-refractivity contribution < 1.29 is 17.6 Å². The second kappa shape index (κ2) is 8.58. The molecule has 1 heterocycles. The lowest BCUT2D eigenvalue weighted by Gasteiger charge is -2.25. The molecule has 0 aliphatic carbocycles. The van der Waals surface area contributed by atoms with Gasteiger partial charge >= 0.3 is 6.18 Å². The Balaban J connectivity index is 2.07. The molecule has 1 saturated heterocycles. The first-order chi connectivity index (χ1) is 12.2. The first-order valence-corrected chi connectivity index (χ1v) is 8.63. The van der Waals surface area contributed by atoms with E-state index in [1.165, 1.54) is 18.2 Å². The van der Waals surface area contributed by atoms with Gasteiger partial charge in [-0.25, -0.2) is 4.39 Å². The Morgan fingerprint density at radius 1 is 1.08 bits per heavy atom. The quantitative estimate of drug-likeness (QED) is 0.632. The molecule has 1 fully saturated rings. The van der Waals surface area contributed by atoms with Crippen molar-refractivity contribution in [3.8, 4) is 0 Å². The van der Waals surface area contributed by atoms with Crippen molar-refractivity contribution >= 4 is 5.69 Å². The van der Waals surface area contributed by atoms with Crippen LogP contribution in [0.1, 0.15) is 25.8 Å². The van der Waals surface area contributed by atoms with Crippen LogP contribution in [0.25, 0.3) is 0 Å². The minimum absolute atomic E-state index is 0.295. The molecule has 0 saturated carbocycles. The number of hydrogen-bond donors (Lipinski definition) is 1. The minimum Gasteiger partial charge on any atom is -0.371 e. The van der Waals surface area contributed by atoms with Crippen LogP contribution in [0.3, 0.4) is 0 Å². The summed E-state index contributed by atoms with van der Waals surface area (Å²) in [4.78, 5) is 4.01. The summed E-state index contributed by atoms with van der Waals surface area (Å²) in [5.41, 5.74) is 6.92. The third-order valence-electron chi connectivity index (χ3n) is 4.57. The van der Waals surface area contributed by atoms with Crippen molar-refractivity contribution in [3.05, 3.63) is 53.0 Å². The average molecular weight is 371 g/mol. The van der Waals surface area contributed by atoms with Crippen molar-refractivity contribution in [1.29, 1.82) is 0 Å². The highest BCUT2D eigenvalue weighted by Crippen LogP contribution is 2.30. The summed E-state index contributed by atoms with van der Waals surface area (Å²) in [6.45, 7) is 6.47. The fourth-order valence-corrected chi connectivity index (χ4v) is 2.90. The van der Waals surface area contributed by atoms with Gasteiger partial charge in [0.2, 0.25) is 0 Å². The van der Waals surface area contributed by atoms with E-state index >= 15 is 0 Å². The number of benzene rings is 1. The predicted octanol–water partition coefficient (Wildman–Crippen LogP) is 4.32.